The van der Waals surface area contributed by atoms with Gasteiger partial charge in [-0.2, -0.15) is 0 Å². The van der Waals surface area contributed by atoms with Crippen LogP contribution in [0.1, 0.15) is 0 Å². The number of carbonyl (C=O) groups excluding carboxylic acids is 1. The summed E-state index contributed by atoms with van der Waals surface area (Å²) in [6.07, 6.45) is -5.93. The van der Waals surface area contributed by atoms with Gasteiger partial charge in [-0.05, 0) is 0 Å². The summed E-state index contributed by atoms with van der Waals surface area (Å²) >= 11 is 0. The Labute approximate surface area is 68.0 Å². The van der Waals surface area contributed by atoms with Gasteiger partial charge in [0.2, 0.25) is 0 Å². The molecule has 0 aliphatic carbocycles. The Kier molecular flexibility index (Phi) is 2.63. The second kappa shape index (κ2) is 3.36. The molecule has 0 aromatic heterocycles. The van der Waals surface area contributed by atoms with Crippen LogP contribution >= 0.6 is 0 Å². The van der Waals surface area contributed by atoms with Crippen molar-refractivity contribution in [1.82, 2.24) is 0 Å². The lowest BCUT2D eigenvalue weighted by molar-refractivity contribution is -0.206. The minimum atomic E-state index is -1.73. The minimum absolute atomic E-state index is 0.587. The van der Waals surface area contributed by atoms with Crippen LogP contribution in [-0.2, 0) is 9.53 Å². The van der Waals surface area contributed by atoms with Crippen molar-refractivity contribution in [2.45, 2.75) is 24.4 Å². The molecule has 1 heterocycles. The van der Waals surface area contributed by atoms with E-state index in [1.54, 1.807) is 0 Å². The number of aliphatic hydroxyl groups excluding tert-OH is 4. The number of rotatable bonds is 1. The summed E-state index contributed by atoms with van der Waals surface area (Å²) in [5.41, 5.74) is 0. The highest BCUT2D eigenvalue weighted by molar-refractivity contribution is 5.76. The van der Waals surface area contributed by atoms with Gasteiger partial charge in [0.25, 0.3) is 0 Å². The highest BCUT2D eigenvalue weighted by Crippen LogP contribution is 2.15. The number of aliphatic hydroxyl groups is 4. The Morgan fingerprint density at radius 3 is 2.33 bits per heavy atom. The maximum Gasteiger partial charge on any atom is 0.338 e. The summed E-state index contributed by atoms with van der Waals surface area (Å²) in [5.74, 6) is -1.04. The third-order valence-corrected chi connectivity index (χ3v) is 1.74. The molecule has 0 amide bonds. The number of cyclic esters (lactones) is 1. The summed E-state index contributed by atoms with van der Waals surface area (Å²) in [6.45, 7) is -0.587. The predicted octanol–water partition coefficient (Wildman–Crippen LogP) is -3.01. The van der Waals surface area contributed by atoms with E-state index >= 15 is 0 Å². The lowest BCUT2D eigenvalue weighted by Crippen LogP contribution is -2.56. The summed E-state index contributed by atoms with van der Waals surface area (Å²) in [5, 5.41) is 35.5. The zero-order valence-corrected chi connectivity index (χ0v) is 6.12. The molecular weight excluding hydrogens is 168 g/mol. The third kappa shape index (κ3) is 1.42. The van der Waals surface area contributed by atoms with Crippen molar-refractivity contribution in [3.05, 3.63) is 0 Å². The highest BCUT2D eigenvalue weighted by atomic mass is 16.6. The molecule has 0 saturated carbocycles. The zero-order valence-electron chi connectivity index (χ0n) is 6.12. The molecule has 4 atom stereocenters. The van der Waals surface area contributed by atoms with Crippen LogP contribution in [0.4, 0.5) is 0 Å². The molecule has 0 radical (unpaired) electrons. The van der Waals surface area contributed by atoms with Crippen LogP contribution in [0.5, 0.6) is 0 Å². The smallest absolute Gasteiger partial charge is 0.338 e. The molecule has 1 saturated heterocycles. The van der Waals surface area contributed by atoms with Crippen molar-refractivity contribution in [2.24, 2.45) is 0 Å². The number of ether oxygens (including phenoxy) is 1. The van der Waals surface area contributed by atoms with E-state index in [0.717, 1.165) is 0 Å². The average Bonchev–Trinajstić information content (AvgIpc) is 2.08. The van der Waals surface area contributed by atoms with Crippen molar-refractivity contribution in [1.29, 1.82) is 0 Å². The normalized spacial score (nSPS) is 42.5. The zero-order chi connectivity index (χ0) is 9.30. The molecule has 70 valence electrons. The molecule has 6 nitrogen and oxygen atoms in total. The van der Waals surface area contributed by atoms with Crippen molar-refractivity contribution >= 4 is 5.97 Å². The topological polar surface area (TPSA) is 107 Å². The van der Waals surface area contributed by atoms with Crippen LogP contribution in [-0.4, -0.2) is 57.4 Å². The second-order valence-electron chi connectivity index (χ2n) is 2.58. The average molecular weight is 178 g/mol. The minimum Gasteiger partial charge on any atom is -0.455 e. The van der Waals surface area contributed by atoms with E-state index in [1.165, 1.54) is 0 Å². The van der Waals surface area contributed by atoms with Crippen LogP contribution in [0.15, 0.2) is 0 Å². The van der Waals surface area contributed by atoms with Crippen molar-refractivity contribution < 1.29 is 30.0 Å². The molecule has 1 unspecified atom stereocenters. The van der Waals surface area contributed by atoms with E-state index in [-0.39, 0.29) is 0 Å². The van der Waals surface area contributed by atoms with E-state index < -0.39 is 37.0 Å². The van der Waals surface area contributed by atoms with Crippen LogP contribution < -0.4 is 0 Å². The molecule has 1 rings (SSSR count). The van der Waals surface area contributed by atoms with Gasteiger partial charge in [-0.25, -0.2) is 4.79 Å². The molecule has 12 heavy (non-hydrogen) atoms. The molecule has 1 aliphatic heterocycles. The van der Waals surface area contributed by atoms with Gasteiger partial charge in [0, 0.05) is 0 Å². The van der Waals surface area contributed by atoms with Crippen molar-refractivity contribution in [3.8, 4) is 0 Å². The fourth-order valence-electron chi connectivity index (χ4n) is 0.980. The van der Waals surface area contributed by atoms with Gasteiger partial charge in [0.1, 0.15) is 12.2 Å². The van der Waals surface area contributed by atoms with E-state index in [1.807, 2.05) is 0 Å². The van der Waals surface area contributed by atoms with E-state index in [4.69, 9.17) is 20.4 Å². The first-order valence-electron chi connectivity index (χ1n) is 3.43. The van der Waals surface area contributed by atoms with Gasteiger partial charge in [-0.15, -0.1) is 0 Å². The first-order valence-corrected chi connectivity index (χ1v) is 3.43. The summed E-state index contributed by atoms with van der Waals surface area (Å²) in [7, 11) is 0. The van der Waals surface area contributed by atoms with Gasteiger partial charge in [-0.1, -0.05) is 0 Å². The quantitative estimate of drug-likeness (QED) is 0.318. The van der Waals surface area contributed by atoms with E-state index in [9.17, 15) is 4.79 Å². The Morgan fingerprint density at radius 2 is 1.83 bits per heavy atom. The maximum absolute atomic E-state index is 10.7. The SMILES string of the molecule is O=C1O[C@H](CO)[C@@H](O)[C@H](O)C1O. The van der Waals surface area contributed by atoms with Gasteiger partial charge in [0.05, 0.1) is 6.61 Å². The largest absolute Gasteiger partial charge is 0.455 e. The second-order valence-corrected chi connectivity index (χ2v) is 2.58. The molecule has 4 N–H and O–H groups in total. The first-order chi connectivity index (χ1) is 5.57. The van der Waals surface area contributed by atoms with Crippen LogP contribution in [0.2, 0.25) is 0 Å². The highest BCUT2D eigenvalue weighted by Gasteiger charge is 2.43. The molecule has 6 heteroatoms. The number of carbonyl (C=O) groups is 1. The Hall–Kier alpha value is -0.690. The monoisotopic (exact) mass is 178 g/mol. The Bertz CT molecular complexity index is 179. The fraction of sp³-hybridized carbons (Fsp3) is 0.833. The van der Waals surface area contributed by atoms with Gasteiger partial charge < -0.3 is 25.2 Å². The van der Waals surface area contributed by atoms with Gasteiger partial charge in [-0.3, -0.25) is 0 Å². The van der Waals surface area contributed by atoms with Gasteiger partial charge in [0.15, 0.2) is 12.2 Å². The fourth-order valence-corrected chi connectivity index (χ4v) is 0.980. The predicted molar refractivity (Wildman–Crippen MR) is 35.0 cm³/mol. The van der Waals surface area contributed by atoms with Crippen LogP contribution in [0.25, 0.3) is 0 Å². The van der Waals surface area contributed by atoms with Crippen LogP contribution in [0.3, 0.4) is 0 Å². The van der Waals surface area contributed by atoms with Crippen molar-refractivity contribution in [2.75, 3.05) is 6.61 Å². The molecule has 1 aliphatic rings. The van der Waals surface area contributed by atoms with Crippen molar-refractivity contribution in [3.63, 3.8) is 0 Å². The number of esters is 1. The standard InChI is InChI=1S/C6H10O6/c7-1-2-3(8)4(9)5(10)6(11)12-2/h2-5,7-10H,1H2/t2-,3-,4+,5?/m1/s1. The molecule has 0 aromatic carbocycles. The van der Waals surface area contributed by atoms with Crippen LogP contribution in [0, 0.1) is 0 Å². The Balaban J connectivity index is 2.70. The number of hydrogen-bond donors (Lipinski definition) is 4. The maximum atomic E-state index is 10.7. The molecule has 1 fully saturated rings. The first kappa shape index (κ1) is 9.40. The lowest BCUT2D eigenvalue weighted by Gasteiger charge is -2.32. The molecule has 0 aromatic rings. The molecule has 0 spiro atoms. The number of hydrogen-bond acceptors (Lipinski definition) is 6. The summed E-state index contributed by atoms with van der Waals surface area (Å²) in [6, 6.07) is 0. The molecular formula is C6H10O6. The summed E-state index contributed by atoms with van der Waals surface area (Å²) in [4.78, 5) is 10.7. The third-order valence-electron chi connectivity index (χ3n) is 1.74. The lowest BCUT2D eigenvalue weighted by atomic mass is 10.0. The van der Waals surface area contributed by atoms with E-state index in [2.05, 4.69) is 4.74 Å². The summed E-state index contributed by atoms with van der Waals surface area (Å²) < 4.78 is 4.38. The molecule has 0 bridgehead atoms. The van der Waals surface area contributed by atoms with E-state index in [0.29, 0.717) is 0 Å². The Morgan fingerprint density at radius 1 is 1.25 bits per heavy atom. The van der Waals surface area contributed by atoms with Gasteiger partial charge >= 0.3 is 5.97 Å².